The van der Waals surface area contributed by atoms with Gasteiger partial charge in [-0.25, -0.2) is 9.50 Å². The summed E-state index contributed by atoms with van der Waals surface area (Å²) in [6.07, 6.45) is 3.18. The zero-order valence-electron chi connectivity index (χ0n) is 12.9. The second-order valence-electron chi connectivity index (χ2n) is 4.63. The van der Waals surface area contributed by atoms with E-state index in [0.29, 0.717) is 29.3 Å². The lowest BCUT2D eigenvalue weighted by atomic mass is 10.2. The maximum Gasteiger partial charge on any atom is 0.310 e. The second-order valence-corrected chi connectivity index (χ2v) is 4.63. The van der Waals surface area contributed by atoms with Crippen molar-refractivity contribution >= 4 is 17.4 Å². The van der Waals surface area contributed by atoms with Gasteiger partial charge >= 0.3 is 5.97 Å². The summed E-state index contributed by atoms with van der Waals surface area (Å²) in [5.74, 6) is 0.191. The fraction of sp³-hybridized carbons (Fsp3) is 0.286. The number of carbonyl (C=O) groups is 1. The summed E-state index contributed by atoms with van der Waals surface area (Å²) in [6, 6.07) is 3.39. The van der Waals surface area contributed by atoms with Crippen LogP contribution in [0.4, 0.5) is 5.82 Å². The van der Waals surface area contributed by atoms with Crippen LogP contribution in [-0.2, 0) is 16.0 Å². The van der Waals surface area contributed by atoms with E-state index in [1.165, 1.54) is 4.52 Å². The molecule has 0 saturated carbocycles. The predicted octanol–water partition coefficient (Wildman–Crippen LogP) is 0.429. The maximum atomic E-state index is 12.0. The number of nitrogens with zero attached hydrogens (tertiary/aromatic N) is 3. The van der Waals surface area contributed by atoms with E-state index in [1.807, 2.05) is 0 Å². The Balaban J connectivity index is 0.000000268. The summed E-state index contributed by atoms with van der Waals surface area (Å²) in [5, 5.41) is 8.85. The Kier molecular flexibility index (Phi) is 5.13. The van der Waals surface area contributed by atoms with E-state index in [0.717, 1.165) is 0 Å². The first-order valence-electron chi connectivity index (χ1n) is 6.99. The van der Waals surface area contributed by atoms with Gasteiger partial charge in [-0.3, -0.25) is 19.8 Å². The molecule has 0 atom stereocenters. The number of aromatic nitrogens is 5. The fourth-order valence-corrected chi connectivity index (χ4v) is 1.93. The van der Waals surface area contributed by atoms with Gasteiger partial charge in [0.1, 0.15) is 5.82 Å². The highest BCUT2D eigenvalue weighted by atomic mass is 16.5. The maximum absolute atomic E-state index is 12.0. The smallest absolute Gasteiger partial charge is 0.310 e. The van der Waals surface area contributed by atoms with E-state index in [2.05, 4.69) is 20.3 Å². The number of fused-ring (bicyclic) bond motifs is 1. The van der Waals surface area contributed by atoms with Crippen LogP contribution in [0.3, 0.4) is 0 Å². The van der Waals surface area contributed by atoms with Crippen LogP contribution < -0.4 is 11.3 Å². The number of hydrogen-bond donors (Lipinski definition) is 3. The molecule has 0 amide bonds. The Morgan fingerprint density at radius 1 is 1.43 bits per heavy atom. The number of hydrogen-bond acceptors (Lipinski definition) is 6. The van der Waals surface area contributed by atoms with E-state index in [4.69, 9.17) is 10.5 Å². The average Bonchev–Trinajstić information content (AvgIpc) is 3.15. The van der Waals surface area contributed by atoms with E-state index < -0.39 is 5.97 Å². The number of nitrogens with one attached hydrogen (secondary N) is 2. The van der Waals surface area contributed by atoms with Crippen molar-refractivity contribution in [3.63, 3.8) is 0 Å². The minimum atomic E-state index is -0.416. The number of aromatic amines is 2. The number of nitrogens with two attached hydrogens (primary N) is 1. The Hall–Kier alpha value is -3.10. The van der Waals surface area contributed by atoms with Crippen molar-refractivity contribution in [1.29, 1.82) is 0 Å². The van der Waals surface area contributed by atoms with Gasteiger partial charge in [-0.15, -0.1) is 0 Å². The molecule has 0 aliphatic carbocycles. The molecule has 0 aliphatic rings. The Labute approximate surface area is 131 Å². The highest BCUT2D eigenvalue weighted by Gasteiger charge is 2.14. The van der Waals surface area contributed by atoms with Gasteiger partial charge in [-0.05, 0) is 19.9 Å². The highest BCUT2D eigenvalue weighted by molar-refractivity contribution is 5.72. The van der Waals surface area contributed by atoms with Crippen LogP contribution in [0, 0.1) is 6.92 Å². The van der Waals surface area contributed by atoms with Crippen LogP contribution in [0.15, 0.2) is 29.3 Å². The lowest BCUT2D eigenvalue weighted by Crippen LogP contribution is -2.24. The molecule has 9 nitrogen and oxygen atoms in total. The molecule has 0 spiro atoms. The number of carbonyl (C=O) groups excluding carboxylic acids is 1. The molecule has 3 heterocycles. The van der Waals surface area contributed by atoms with Crippen molar-refractivity contribution in [2.75, 3.05) is 12.3 Å². The zero-order valence-corrected chi connectivity index (χ0v) is 12.9. The first-order valence-corrected chi connectivity index (χ1v) is 6.99. The van der Waals surface area contributed by atoms with E-state index in [-0.39, 0.29) is 12.0 Å². The van der Waals surface area contributed by atoms with Gasteiger partial charge in [0.2, 0.25) is 0 Å². The summed E-state index contributed by atoms with van der Waals surface area (Å²) in [7, 11) is 0. The molecule has 0 radical (unpaired) electrons. The number of H-pyrrole nitrogens is 2. The SMILES string of the molecule is CCOC(=O)Cc1c(C)nc2cc[nH]n2c1=O.Nc1ccn[nH]1. The largest absolute Gasteiger partial charge is 0.466 e. The van der Waals surface area contributed by atoms with E-state index in [9.17, 15) is 9.59 Å². The minimum absolute atomic E-state index is 0.0481. The molecule has 0 aromatic carbocycles. The van der Waals surface area contributed by atoms with Crippen molar-refractivity contribution in [2.45, 2.75) is 20.3 Å². The van der Waals surface area contributed by atoms with Crippen molar-refractivity contribution in [3.05, 3.63) is 46.1 Å². The number of aryl methyl sites for hydroxylation is 1. The van der Waals surface area contributed by atoms with Gasteiger partial charge in [-0.2, -0.15) is 5.10 Å². The Morgan fingerprint density at radius 2 is 2.22 bits per heavy atom. The molecule has 122 valence electrons. The number of nitrogen functional groups attached to an aromatic ring is 1. The number of ether oxygens (including phenoxy) is 1. The van der Waals surface area contributed by atoms with Crippen molar-refractivity contribution in [2.24, 2.45) is 0 Å². The Morgan fingerprint density at radius 3 is 2.78 bits per heavy atom. The number of anilines is 1. The summed E-state index contributed by atoms with van der Waals surface area (Å²) in [5.41, 5.74) is 6.37. The third kappa shape index (κ3) is 3.96. The molecule has 0 fully saturated rings. The predicted molar refractivity (Wildman–Crippen MR) is 83.9 cm³/mol. The highest BCUT2D eigenvalue weighted by Crippen LogP contribution is 2.04. The topological polar surface area (TPSA) is 131 Å². The number of esters is 1. The summed E-state index contributed by atoms with van der Waals surface area (Å²) in [6.45, 7) is 3.74. The van der Waals surface area contributed by atoms with Crippen LogP contribution in [-0.4, -0.2) is 37.4 Å². The third-order valence-electron chi connectivity index (χ3n) is 2.99. The minimum Gasteiger partial charge on any atom is -0.466 e. The lowest BCUT2D eigenvalue weighted by Gasteiger charge is -2.05. The summed E-state index contributed by atoms with van der Waals surface area (Å²) < 4.78 is 6.13. The monoisotopic (exact) mass is 318 g/mol. The molecule has 3 rings (SSSR count). The molecule has 0 unspecified atom stereocenters. The number of rotatable bonds is 3. The summed E-state index contributed by atoms with van der Waals surface area (Å²) >= 11 is 0. The van der Waals surface area contributed by atoms with Gasteiger partial charge in [0.15, 0.2) is 5.65 Å². The van der Waals surface area contributed by atoms with Crippen LogP contribution in [0.25, 0.3) is 5.65 Å². The van der Waals surface area contributed by atoms with Crippen molar-refractivity contribution in [3.8, 4) is 0 Å². The van der Waals surface area contributed by atoms with Gasteiger partial charge in [-0.1, -0.05) is 0 Å². The van der Waals surface area contributed by atoms with Crippen LogP contribution in [0.1, 0.15) is 18.2 Å². The zero-order chi connectivity index (χ0) is 16.8. The van der Waals surface area contributed by atoms with Crippen molar-refractivity contribution < 1.29 is 9.53 Å². The second kappa shape index (κ2) is 7.25. The molecular weight excluding hydrogens is 300 g/mol. The molecule has 9 heteroatoms. The van der Waals surface area contributed by atoms with Gasteiger partial charge in [0.05, 0.1) is 24.8 Å². The van der Waals surface area contributed by atoms with E-state index >= 15 is 0 Å². The van der Waals surface area contributed by atoms with Gasteiger partial charge < -0.3 is 10.5 Å². The molecule has 3 aromatic heterocycles. The molecular formula is C14H18N6O3. The first-order chi connectivity index (χ1) is 11.0. The molecule has 0 saturated heterocycles. The fourth-order valence-electron chi connectivity index (χ4n) is 1.93. The lowest BCUT2D eigenvalue weighted by molar-refractivity contribution is -0.142. The molecule has 0 aliphatic heterocycles. The third-order valence-corrected chi connectivity index (χ3v) is 2.99. The van der Waals surface area contributed by atoms with Crippen molar-refractivity contribution in [1.82, 2.24) is 24.8 Å². The van der Waals surface area contributed by atoms with Gasteiger partial charge in [0.25, 0.3) is 5.56 Å². The first kappa shape index (κ1) is 16.3. The van der Waals surface area contributed by atoms with Gasteiger partial charge in [0, 0.05) is 18.0 Å². The van der Waals surface area contributed by atoms with E-state index in [1.54, 1.807) is 38.4 Å². The molecule has 3 aromatic rings. The molecule has 23 heavy (non-hydrogen) atoms. The summed E-state index contributed by atoms with van der Waals surface area (Å²) in [4.78, 5) is 27.7. The Bertz CT molecular complexity index is 834. The molecule has 4 N–H and O–H groups in total. The quantitative estimate of drug-likeness (QED) is 0.600. The van der Waals surface area contributed by atoms with Crippen LogP contribution >= 0.6 is 0 Å². The van der Waals surface area contributed by atoms with Crippen LogP contribution in [0.2, 0.25) is 0 Å². The molecule has 0 bridgehead atoms. The average molecular weight is 318 g/mol. The van der Waals surface area contributed by atoms with Crippen LogP contribution in [0.5, 0.6) is 0 Å². The standard InChI is InChI=1S/C11H13N3O3.C3H5N3/c1-3-17-10(15)6-8-7(2)13-9-4-5-12-14(9)11(8)16;4-3-1-2-5-6-3/h4-5,12H,3,6H2,1-2H3;1-2H,(H3,4,5,6). The normalized spacial score (nSPS) is 10.2.